The van der Waals surface area contributed by atoms with E-state index >= 15 is 0 Å². The van der Waals surface area contributed by atoms with E-state index in [2.05, 4.69) is 10.6 Å². The van der Waals surface area contributed by atoms with Crippen molar-refractivity contribution in [3.05, 3.63) is 76.0 Å². The van der Waals surface area contributed by atoms with Crippen LogP contribution < -0.4 is 10.6 Å². The van der Waals surface area contributed by atoms with Gasteiger partial charge in [0.2, 0.25) is 0 Å². The lowest BCUT2D eigenvalue weighted by Gasteiger charge is -2.07. The first-order chi connectivity index (χ1) is 13.4. The van der Waals surface area contributed by atoms with Crippen molar-refractivity contribution in [1.82, 2.24) is 5.32 Å². The van der Waals surface area contributed by atoms with E-state index in [0.717, 1.165) is 11.1 Å². The van der Waals surface area contributed by atoms with Crippen LogP contribution in [-0.4, -0.2) is 18.5 Å². The third-order valence-electron chi connectivity index (χ3n) is 3.81. The monoisotopic (exact) mass is 397 g/mol. The van der Waals surface area contributed by atoms with Crippen molar-refractivity contribution in [2.75, 3.05) is 11.9 Å². The second-order valence-electron chi connectivity index (χ2n) is 5.89. The molecule has 0 aliphatic rings. The van der Waals surface area contributed by atoms with Crippen molar-refractivity contribution in [2.45, 2.75) is 20.4 Å². The number of nitrogens with one attached hydrogen (secondary N) is 2. The Balaban J connectivity index is 1.95. The van der Waals surface area contributed by atoms with Gasteiger partial charge >= 0.3 is 5.97 Å². The summed E-state index contributed by atoms with van der Waals surface area (Å²) in [6, 6.07) is 13.9. The quantitative estimate of drug-likeness (QED) is 0.419. The van der Waals surface area contributed by atoms with E-state index in [-0.39, 0.29) is 11.5 Å². The van der Waals surface area contributed by atoms with Crippen LogP contribution in [0.5, 0.6) is 0 Å². The number of hydrogen-bond acceptors (Lipinski definition) is 5. The first-order valence-corrected chi connectivity index (χ1v) is 8.99. The van der Waals surface area contributed by atoms with Crippen molar-refractivity contribution in [2.24, 2.45) is 0 Å². The average molecular weight is 398 g/mol. The maximum absolute atomic E-state index is 12.2. The normalized spacial score (nSPS) is 10.7. The highest BCUT2D eigenvalue weighted by molar-refractivity contribution is 6.31. The first kappa shape index (κ1) is 21.0. The summed E-state index contributed by atoms with van der Waals surface area (Å²) in [4.78, 5) is 23.9. The molecule has 2 aromatic rings. The molecule has 0 heterocycles. The number of benzene rings is 2. The molecule has 0 radical (unpaired) electrons. The fraction of sp³-hybridized carbons (Fsp3) is 0.190. The van der Waals surface area contributed by atoms with Gasteiger partial charge in [-0.05, 0) is 49.2 Å². The number of carbonyl (C=O) groups is 2. The lowest BCUT2D eigenvalue weighted by Crippen LogP contribution is -2.16. The number of nitriles is 1. The number of carbonyl (C=O) groups excluding carboxylic acids is 2. The molecule has 1 amide bonds. The van der Waals surface area contributed by atoms with E-state index in [1.807, 2.05) is 13.0 Å². The first-order valence-electron chi connectivity index (χ1n) is 8.61. The van der Waals surface area contributed by atoms with Gasteiger partial charge in [0.25, 0.3) is 5.91 Å². The van der Waals surface area contributed by atoms with Gasteiger partial charge in [0.15, 0.2) is 0 Å². The fourth-order valence-corrected chi connectivity index (χ4v) is 2.44. The summed E-state index contributed by atoms with van der Waals surface area (Å²) in [6.07, 6.45) is 1.35. The highest BCUT2D eigenvalue weighted by Crippen LogP contribution is 2.20. The second kappa shape index (κ2) is 10.1. The Hall–Kier alpha value is -3.30. The smallest absolute Gasteiger partial charge is 0.338 e. The van der Waals surface area contributed by atoms with E-state index < -0.39 is 5.91 Å². The van der Waals surface area contributed by atoms with Gasteiger partial charge in [0, 0.05) is 23.5 Å². The summed E-state index contributed by atoms with van der Waals surface area (Å²) in [7, 11) is 0. The van der Waals surface area contributed by atoms with Gasteiger partial charge in [-0.1, -0.05) is 29.8 Å². The predicted octanol–water partition coefficient (Wildman–Crippen LogP) is 3.96. The lowest BCUT2D eigenvalue weighted by atomic mass is 10.1. The lowest BCUT2D eigenvalue weighted by molar-refractivity contribution is -0.112. The van der Waals surface area contributed by atoms with Crippen LogP contribution in [0.25, 0.3) is 0 Å². The van der Waals surface area contributed by atoms with Gasteiger partial charge in [-0.15, -0.1) is 0 Å². The zero-order valence-corrected chi connectivity index (χ0v) is 16.3. The maximum atomic E-state index is 12.2. The SMILES string of the molecule is CCOC(=O)c1ccc(CN/C=C(/C#N)C(=O)Nc2ccc(C)c(Cl)c2)cc1. The molecule has 2 aromatic carbocycles. The molecule has 0 fully saturated rings. The second-order valence-corrected chi connectivity index (χ2v) is 6.29. The van der Waals surface area contributed by atoms with E-state index in [1.165, 1.54) is 6.20 Å². The highest BCUT2D eigenvalue weighted by Gasteiger charge is 2.10. The summed E-state index contributed by atoms with van der Waals surface area (Å²) in [5, 5.41) is 15.3. The standard InChI is InChI=1S/C21H20ClN3O3/c1-3-28-21(27)16-7-5-15(6-8-16)12-24-13-17(11-23)20(26)25-18-9-4-14(2)19(22)10-18/h4-10,13,24H,3,12H2,1-2H3,(H,25,26)/b17-13-. The van der Waals surface area contributed by atoms with Crippen molar-refractivity contribution in [3.63, 3.8) is 0 Å². The van der Waals surface area contributed by atoms with Crippen LogP contribution in [0.1, 0.15) is 28.4 Å². The summed E-state index contributed by atoms with van der Waals surface area (Å²) < 4.78 is 4.93. The van der Waals surface area contributed by atoms with Crippen molar-refractivity contribution in [3.8, 4) is 6.07 Å². The van der Waals surface area contributed by atoms with Crippen LogP contribution in [0.4, 0.5) is 5.69 Å². The number of nitrogens with zero attached hydrogens (tertiary/aromatic N) is 1. The Labute approximate surface area is 168 Å². The van der Waals surface area contributed by atoms with Crippen LogP contribution >= 0.6 is 11.6 Å². The van der Waals surface area contributed by atoms with Gasteiger partial charge in [-0.2, -0.15) is 5.26 Å². The van der Waals surface area contributed by atoms with Gasteiger partial charge in [0.05, 0.1) is 12.2 Å². The molecule has 0 unspecified atom stereocenters. The minimum atomic E-state index is -0.535. The Morgan fingerprint density at radius 3 is 2.54 bits per heavy atom. The highest BCUT2D eigenvalue weighted by atomic mass is 35.5. The van der Waals surface area contributed by atoms with E-state index in [0.29, 0.717) is 29.4 Å². The molecule has 0 aliphatic heterocycles. The van der Waals surface area contributed by atoms with Crippen LogP contribution in [0.15, 0.2) is 54.2 Å². The molecule has 0 aliphatic carbocycles. The predicted molar refractivity (Wildman–Crippen MR) is 108 cm³/mol. The van der Waals surface area contributed by atoms with Crippen molar-refractivity contribution in [1.29, 1.82) is 5.26 Å². The van der Waals surface area contributed by atoms with Crippen LogP contribution in [-0.2, 0) is 16.1 Å². The van der Waals surface area contributed by atoms with E-state index in [4.69, 9.17) is 16.3 Å². The molecule has 7 heteroatoms. The van der Waals surface area contributed by atoms with E-state index in [1.54, 1.807) is 49.4 Å². The largest absolute Gasteiger partial charge is 0.462 e. The Morgan fingerprint density at radius 1 is 1.21 bits per heavy atom. The molecule has 28 heavy (non-hydrogen) atoms. The number of anilines is 1. The third-order valence-corrected chi connectivity index (χ3v) is 4.22. The minimum Gasteiger partial charge on any atom is -0.462 e. The molecular formula is C21H20ClN3O3. The third kappa shape index (κ3) is 5.86. The molecule has 2 N–H and O–H groups in total. The molecule has 0 atom stereocenters. The zero-order chi connectivity index (χ0) is 20.5. The number of amides is 1. The number of halogens is 1. The van der Waals surface area contributed by atoms with Crippen LogP contribution in [0.2, 0.25) is 5.02 Å². The topological polar surface area (TPSA) is 91.2 Å². The summed E-state index contributed by atoms with van der Waals surface area (Å²) in [5.41, 5.74) is 2.69. The van der Waals surface area contributed by atoms with Crippen molar-refractivity contribution < 1.29 is 14.3 Å². The van der Waals surface area contributed by atoms with Crippen LogP contribution in [0.3, 0.4) is 0 Å². The molecule has 0 saturated carbocycles. The summed E-state index contributed by atoms with van der Waals surface area (Å²) in [6.45, 7) is 4.31. The molecule has 144 valence electrons. The molecular weight excluding hydrogens is 378 g/mol. The minimum absolute atomic E-state index is 0.0696. The Kier molecular flexibility index (Phi) is 7.61. The zero-order valence-electron chi connectivity index (χ0n) is 15.6. The van der Waals surface area contributed by atoms with Gasteiger partial charge in [0.1, 0.15) is 11.6 Å². The average Bonchev–Trinajstić information content (AvgIpc) is 2.68. The molecule has 6 nitrogen and oxygen atoms in total. The Morgan fingerprint density at radius 2 is 1.93 bits per heavy atom. The van der Waals surface area contributed by atoms with Gasteiger partial charge in [-0.25, -0.2) is 4.79 Å². The van der Waals surface area contributed by atoms with Gasteiger partial charge in [-0.3, -0.25) is 4.79 Å². The van der Waals surface area contributed by atoms with Crippen LogP contribution in [0, 0.1) is 18.3 Å². The number of aryl methyl sites for hydroxylation is 1. The molecule has 0 spiro atoms. The molecule has 0 aromatic heterocycles. The summed E-state index contributed by atoms with van der Waals surface area (Å²) >= 11 is 6.04. The molecule has 2 rings (SSSR count). The number of ether oxygens (including phenoxy) is 1. The van der Waals surface area contributed by atoms with Gasteiger partial charge < -0.3 is 15.4 Å². The Bertz CT molecular complexity index is 931. The maximum Gasteiger partial charge on any atom is 0.338 e. The number of rotatable bonds is 7. The van der Waals surface area contributed by atoms with Crippen molar-refractivity contribution >= 4 is 29.2 Å². The number of esters is 1. The molecule has 0 saturated heterocycles. The molecule has 0 bridgehead atoms. The fourth-order valence-electron chi connectivity index (χ4n) is 2.26. The number of hydrogen-bond donors (Lipinski definition) is 2. The van der Waals surface area contributed by atoms with E-state index in [9.17, 15) is 14.9 Å². The summed E-state index contributed by atoms with van der Waals surface area (Å²) in [5.74, 6) is -0.908.